The quantitative estimate of drug-likeness (QED) is 0.655. The van der Waals surface area contributed by atoms with E-state index in [9.17, 15) is 9.18 Å². The molecule has 118 valence electrons. The molecule has 0 fully saturated rings. The summed E-state index contributed by atoms with van der Waals surface area (Å²) in [4.78, 5) is 15.0. The van der Waals surface area contributed by atoms with Crippen LogP contribution >= 0.6 is 11.6 Å². The fraction of sp³-hybridized carbons (Fsp3) is 0.118. The number of carbonyl (C=O) groups is 1. The highest BCUT2D eigenvalue weighted by Gasteiger charge is 2.08. The van der Waals surface area contributed by atoms with E-state index in [1.165, 1.54) is 6.07 Å². The van der Waals surface area contributed by atoms with E-state index in [1.807, 2.05) is 30.5 Å². The van der Waals surface area contributed by atoms with E-state index in [0.29, 0.717) is 29.2 Å². The van der Waals surface area contributed by atoms with E-state index in [0.717, 1.165) is 10.9 Å². The molecule has 0 aliphatic heterocycles. The maximum atomic E-state index is 13.6. The number of amides is 2. The van der Waals surface area contributed by atoms with Gasteiger partial charge in [-0.15, -0.1) is 0 Å². The Bertz CT molecular complexity index is 826. The number of anilines is 1. The third-order valence-electron chi connectivity index (χ3n) is 3.53. The van der Waals surface area contributed by atoms with E-state index in [1.54, 1.807) is 12.1 Å². The number of carbonyl (C=O) groups excluding carboxylic acids is 1. The van der Waals surface area contributed by atoms with Gasteiger partial charge in [-0.05, 0) is 42.8 Å². The number of urea groups is 1. The Morgan fingerprint density at radius 2 is 2.09 bits per heavy atom. The highest BCUT2D eigenvalue weighted by atomic mass is 35.5. The third kappa shape index (κ3) is 3.63. The molecule has 0 spiro atoms. The molecule has 2 amide bonds. The molecule has 4 nitrogen and oxygen atoms in total. The molecular formula is C17H15ClFN3O. The summed E-state index contributed by atoms with van der Waals surface area (Å²) in [5.74, 6) is -0.363. The van der Waals surface area contributed by atoms with Crippen LogP contribution in [0.1, 0.15) is 5.56 Å². The summed E-state index contributed by atoms with van der Waals surface area (Å²) in [5, 5.41) is 6.82. The molecule has 3 rings (SSSR count). The van der Waals surface area contributed by atoms with Crippen LogP contribution in [0.2, 0.25) is 5.02 Å². The fourth-order valence-corrected chi connectivity index (χ4v) is 2.64. The average Bonchev–Trinajstić information content (AvgIpc) is 2.98. The topological polar surface area (TPSA) is 56.9 Å². The monoisotopic (exact) mass is 331 g/mol. The van der Waals surface area contributed by atoms with Crippen molar-refractivity contribution in [1.29, 1.82) is 0 Å². The van der Waals surface area contributed by atoms with Crippen molar-refractivity contribution in [2.45, 2.75) is 6.42 Å². The largest absolute Gasteiger partial charge is 0.361 e. The van der Waals surface area contributed by atoms with Gasteiger partial charge in [-0.1, -0.05) is 17.7 Å². The molecular weight excluding hydrogens is 317 g/mol. The normalized spacial score (nSPS) is 10.7. The van der Waals surface area contributed by atoms with Crippen LogP contribution in [0.5, 0.6) is 0 Å². The van der Waals surface area contributed by atoms with Gasteiger partial charge in [-0.3, -0.25) is 0 Å². The number of hydrogen-bond acceptors (Lipinski definition) is 1. The van der Waals surface area contributed by atoms with Crippen molar-refractivity contribution in [1.82, 2.24) is 10.3 Å². The molecule has 6 heteroatoms. The summed E-state index contributed by atoms with van der Waals surface area (Å²) < 4.78 is 13.6. The first-order chi connectivity index (χ1) is 11.1. The van der Waals surface area contributed by atoms with Crippen molar-refractivity contribution in [2.75, 3.05) is 11.9 Å². The number of rotatable bonds is 4. The van der Waals surface area contributed by atoms with Gasteiger partial charge < -0.3 is 15.6 Å². The lowest BCUT2D eigenvalue weighted by Gasteiger charge is -2.09. The molecule has 0 bridgehead atoms. The molecule has 23 heavy (non-hydrogen) atoms. The molecule has 1 aromatic heterocycles. The number of fused-ring (bicyclic) bond motifs is 1. The van der Waals surface area contributed by atoms with Gasteiger partial charge in [0.1, 0.15) is 5.82 Å². The van der Waals surface area contributed by atoms with Gasteiger partial charge in [0.25, 0.3) is 0 Å². The number of benzene rings is 2. The standard InChI is InChI=1S/C17H15ClFN3O/c18-14-2-1-3-15(19)13(14)7-9-21-17(23)22-12-4-5-16-11(10-12)6-8-20-16/h1-6,8,10,20H,7,9H2,(H2,21,22,23). The van der Waals surface area contributed by atoms with Crippen LogP contribution in [0.3, 0.4) is 0 Å². The number of H-pyrrole nitrogens is 1. The van der Waals surface area contributed by atoms with Crippen LogP contribution in [0, 0.1) is 5.82 Å². The lowest BCUT2D eigenvalue weighted by Crippen LogP contribution is -2.30. The van der Waals surface area contributed by atoms with Crippen molar-refractivity contribution in [3.8, 4) is 0 Å². The molecule has 0 atom stereocenters. The molecule has 2 aromatic carbocycles. The van der Waals surface area contributed by atoms with Crippen molar-refractivity contribution < 1.29 is 9.18 Å². The van der Waals surface area contributed by atoms with E-state index >= 15 is 0 Å². The van der Waals surface area contributed by atoms with Gasteiger partial charge in [0.2, 0.25) is 0 Å². The van der Waals surface area contributed by atoms with Crippen LogP contribution in [-0.2, 0) is 6.42 Å². The molecule has 1 heterocycles. The Kier molecular flexibility index (Phi) is 4.48. The molecule has 0 radical (unpaired) electrons. The van der Waals surface area contributed by atoms with Gasteiger partial charge in [0.15, 0.2) is 0 Å². The summed E-state index contributed by atoms with van der Waals surface area (Å²) in [5.41, 5.74) is 2.10. The van der Waals surface area contributed by atoms with E-state index < -0.39 is 0 Å². The van der Waals surface area contributed by atoms with Crippen LogP contribution in [0.25, 0.3) is 10.9 Å². The Morgan fingerprint density at radius 1 is 1.22 bits per heavy atom. The highest BCUT2D eigenvalue weighted by Crippen LogP contribution is 2.19. The van der Waals surface area contributed by atoms with E-state index in [4.69, 9.17) is 11.6 Å². The van der Waals surface area contributed by atoms with Crippen molar-refractivity contribution >= 4 is 34.2 Å². The predicted molar refractivity (Wildman–Crippen MR) is 90.4 cm³/mol. The fourth-order valence-electron chi connectivity index (χ4n) is 2.38. The van der Waals surface area contributed by atoms with E-state index in [-0.39, 0.29) is 11.8 Å². The number of nitrogens with one attached hydrogen (secondary N) is 3. The molecule has 3 N–H and O–H groups in total. The molecule has 0 saturated carbocycles. The zero-order chi connectivity index (χ0) is 16.2. The minimum Gasteiger partial charge on any atom is -0.361 e. The lowest BCUT2D eigenvalue weighted by molar-refractivity contribution is 0.252. The number of aromatic amines is 1. The predicted octanol–water partition coefficient (Wildman–Crippen LogP) is 4.32. The maximum absolute atomic E-state index is 13.6. The van der Waals surface area contributed by atoms with Crippen LogP contribution in [0.15, 0.2) is 48.7 Å². The van der Waals surface area contributed by atoms with Crippen LogP contribution in [-0.4, -0.2) is 17.6 Å². The third-order valence-corrected chi connectivity index (χ3v) is 3.89. The molecule has 3 aromatic rings. The Hall–Kier alpha value is -2.53. The minimum absolute atomic E-state index is 0.291. The van der Waals surface area contributed by atoms with Crippen molar-refractivity contribution in [3.63, 3.8) is 0 Å². The summed E-state index contributed by atoms with van der Waals surface area (Å²) in [6, 6.07) is 11.7. The Balaban J connectivity index is 1.55. The summed E-state index contributed by atoms with van der Waals surface area (Å²) in [7, 11) is 0. The van der Waals surface area contributed by atoms with Gasteiger partial charge in [-0.2, -0.15) is 0 Å². The van der Waals surface area contributed by atoms with Crippen LogP contribution in [0.4, 0.5) is 14.9 Å². The van der Waals surface area contributed by atoms with Crippen molar-refractivity contribution in [2.24, 2.45) is 0 Å². The first kappa shape index (κ1) is 15.4. The Morgan fingerprint density at radius 3 is 2.91 bits per heavy atom. The second kappa shape index (κ2) is 6.71. The summed E-state index contributed by atoms with van der Waals surface area (Å²) >= 11 is 5.95. The maximum Gasteiger partial charge on any atom is 0.319 e. The molecule has 0 unspecified atom stereocenters. The van der Waals surface area contributed by atoms with Gasteiger partial charge in [-0.25, -0.2) is 9.18 Å². The lowest BCUT2D eigenvalue weighted by atomic mass is 10.1. The minimum atomic E-state index is -0.363. The second-order valence-electron chi connectivity index (χ2n) is 5.11. The zero-order valence-corrected chi connectivity index (χ0v) is 13.0. The highest BCUT2D eigenvalue weighted by molar-refractivity contribution is 6.31. The molecule has 0 aliphatic carbocycles. The Labute approximate surface area is 137 Å². The number of aromatic nitrogens is 1. The smallest absolute Gasteiger partial charge is 0.319 e. The second-order valence-corrected chi connectivity index (χ2v) is 5.52. The average molecular weight is 332 g/mol. The SMILES string of the molecule is O=C(NCCc1c(F)cccc1Cl)Nc1ccc2[nH]ccc2c1. The molecule has 0 saturated heterocycles. The zero-order valence-electron chi connectivity index (χ0n) is 12.2. The van der Waals surface area contributed by atoms with Gasteiger partial charge in [0.05, 0.1) is 0 Å². The van der Waals surface area contributed by atoms with Crippen molar-refractivity contribution in [3.05, 3.63) is 65.1 Å². The first-order valence-electron chi connectivity index (χ1n) is 7.18. The summed E-state index contributed by atoms with van der Waals surface area (Å²) in [6.45, 7) is 0.291. The van der Waals surface area contributed by atoms with E-state index in [2.05, 4.69) is 15.6 Å². The van der Waals surface area contributed by atoms with Gasteiger partial charge in [0, 0.05) is 39.9 Å². The summed E-state index contributed by atoms with van der Waals surface area (Å²) in [6.07, 6.45) is 2.17. The molecule has 0 aliphatic rings. The van der Waals surface area contributed by atoms with Gasteiger partial charge >= 0.3 is 6.03 Å². The number of halogens is 2. The first-order valence-corrected chi connectivity index (χ1v) is 7.56. The number of hydrogen-bond donors (Lipinski definition) is 3. The van der Waals surface area contributed by atoms with Crippen LogP contribution < -0.4 is 10.6 Å².